The lowest BCUT2D eigenvalue weighted by Crippen LogP contribution is -2.37. The molecule has 0 heterocycles. The third-order valence-electron chi connectivity index (χ3n) is 26.3. The maximum Gasteiger partial charge on any atom is 0.0633 e. The molecule has 9 saturated carbocycles. The molecule has 0 radical (unpaired) electrons. The van der Waals surface area contributed by atoms with Crippen LogP contribution in [0.3, 0.4) is 0 Å². The number of hydrogen-bond donors (Lipinski definition) is 9. The fourth-order valence-corrected chi connectivity index (χ4v) is 19.0. The van der Waals surface area contributed by atoms with Crippen LogP contribution >= 0.6 is 0 Å². The first-order valence-corrected chi connectivity index (χ1v) is 41.3. The number of rotatable bonds is 9. The molecule has 9 fully saturated rings. The molecular formula is C93H168O9. The summed E-state index contributed by atoms with van der Waals surface area (Å²) in [5.41, 5.74) is 10.9. The zero-order valence-electron chi connectivity index (χ0n) is 70.2. The van der Waals surface area contributed by atoms with Crippen molar-refractivity contribution in [3.8, 4) is 0 Å². The maximum absolute atomic E-state index is 9.92. The monoisotopic (exact) mass is 1430 g/mol. The Morgan fingerprint density at radius 3 is 1.13 bits per heavy atom. The smallest absolute Gasteiger partial charge is 0.0633 e. The van der Waals surface area contributed by atoms with Crippen LogP contribution < -0.4 is 0 Å². The van der Waals surface area contributed by atoms with E-state index in [0.29, 0.717) is 112 Å². The molecule has 0 aromatic carbocycles. The summed E-state index contributed by atoms with van der Waals surface area (Å²) >= 11 is 0. The van der Waals surface area contributed by atoms with Crippen LogP contribution in [0, 0.1) is 124 Å². The third kappa shape index (κ3) is 34.7. The fourth-order valence-electron chi connectivity index (χ4n) is 19.0. The van der Waals surface area contributed by atoms with Gasteiger partial charge in [-0.2, -0.15) is 0 Å². The van der Waals surface area contributed by atoms with Crippen LogP contribution in [0.4, 0.5) is 0 Å². The summed E-state index contributed by atoms with van der Waals surface area (Å²) in [6, 6.07) is 0. The quantitative estimate of drug-likeness (QED) is 0.102. The van der Waals surface area contributed by atoms with Gasteiger partial charge < -0.3 is 46.0 Å². The maximum atomic E-state index is 9.92. The van der Waals surface area contributed by atoms with Gasteiger partial charge >= 0.3 is 0 Å². The van der Waals surface area contributed by atoms with Gasteiger partial charge in [0.25, 0.3) is 0 Å². The molecule has 9 aliphatic carbocycles. The molecule has 0 aliphatic heterocycles. The third-order valence-corrected chi connectivity index (χ3v) is 26.3. The van der Waals surface area contributed by atoms with Crippen LogP contribution in [-0.2, 0) is 0 Å². The lowest BCUT2D eigenvalue weighted by molar-refractivity contribution is 0.0143. The zero-order chi connectivity index (χ0) is 78.5. The topological polar surface area (TPSA) is 182 Å². The normalized spacial score (nSPS) is 40.1. The van der Waals surface area contributed by atoms with Crippen molar-refractivity contribution < 1.29 is 46.0 Å². The van der Waals surface area contributed by atoms with Crippen LogP contribution in [-0.4, -0.2) is 101 Å². The first-order chi connectivity index (χ1) is 47.2. The predicted octanol–water partition coefficient (Wildman–Crippen LogP) is 22.0. The molecule has 9 nitrogen and oxygen atoms in total. The Morgan fingerprint density at radius 2 is 0.686 bits per heavy atom. The van der Waals surface area contributed by atoms with E-state index >= 15 is 0 Å². The Labute approximate surface area is 630 Å². The van der Waals surface area contributed by atoms with Crippen LogP contribution in [0.1, 0.15) is 299 Å². The molecule has 9 N–H and O–H groups in total. The minimum Gasteiger partial charge on any atom is -0.393 e. The molecule has 30 atom stereocenters. The van der Waals surface area contributed by atoms with E-state index in [1.807, 2.05) is 20.8 Å². The van der Waals surface area contributed by atoms with E-state index in [0.717, 1.165) is 151 Å². The number of allylic oxidation sites excluding steroid dienone is 6. The van der Waals surface area contributed by atoms with Gasteiger partial charge in [-0.15, -0.1) is 0 Å². The highest BCUT2D eigenvalue weighted by Crippen LogP contribution is 2.42. The van der Waals surface area contributed by atoms with Gasteiger partial charge in [0.05, 0.1) is 54.9 Å². The Hall–Kier alpha value is -2.70. The highest BCUT2D eigenvalue weighted by molar-refractivity contribution is 5.09. The molecule has 594 valence electrons. The van der Waals surface area contributed by atoms with Crippen molar-refractivity contribution in [1.29, 1.82) is 0 Å². The second-order valence-corrected chi connectivity index (χ2v) is 36.7. The standard InChI is InChI=1S/3C11H20O.6C10H18O/c1-7(2)11-9(4)5-8(3)6-10(11)12;1-7(2)11-9(4)8(3)5-6-10(11)12;1-7(2)10-8(3)5-6-9(4)11(10)12;1-7(2)9-4-8(3)5-10(11)6-9;1-7(2)10-5-4-9(11)6-8(10)3;1-7(2)9-4-5-10(11)8(3)6-9;1-7(2)10-6-9(11)5-4-8(10)3;1-7(2)9-5-4-8(3)10(11)6-9;1-7(2)9-5-4-6-10(11)8(9)3/h3*8-12H,1,5-6H2,2-4H3;6*8-11H,1,4-6H2,2-3H3. The average Bonchev–Trinajstić information content (AvgIpc) is 0.839. The van der Waals surface area contributed by atoms with Crippen molar-refractivity contribution in [2.45, 2.75) is 354 Å². The van der Waals surface area contributed by atoms with Gasteiger partial charge in [0, 0.05) is 17.8 Å². The lowest BCUT2D eigenvalue weighted by Gasteiger charge is -2.38. The van der Waals surface area contributed by atoms with Crippen LogP contribution in [0.5, 0.6) is 0 Å². The molecule has 0 bridgehead atoms. The van der Waals surface area contributed by atoms with Crippen LogP contribution in [0.15, 0.2) is 109 Å². The molecular weight excluding hydrogens is 1260 g/mol. The highest BCUT2D eigenvalue weighted by Gasteiger charge is 2.37. The van der Waals surface area contributed by atoms with Crippen molar-refractivity contribution in [2.24, 2.45) is 124 Å². The van der Waals surface area contributed by atoms with Crippen molar-refractivity contribution in [3.63, 3.8) is 0 Å². The Bertz CT molecular complexity index is 2380. The molecule has 9 aliphatic rings. The number of aliphatic hydroxyl groups excluding tert-OH is 9. The van der Waals surface area contributed by atoms with Gasteiger partial charge in [0.2, 0.25) is 0 Å². The molecule has 9 heteroatoms. The molecule has 30 unspecified atom stereocenters. The largest absolute Gasteiger partial charge is 0.393 e. The second kappa shape index (κ2) is 48.7. The van der Waals surface area contributed by atoms with Crippen LogP contribution in [0.2, 0.25) is 0 Å². The van der Waals surface area contributed by atoms with E-state index in [1.54, 1.807) is 0 Å². The average molecular weight is 1430 g/mol. The zero-order valence-corrected chi connectivity index (χ0v) is 70.2. The van der Waals surface area contributed by atoms with E-state index in [1.165, 1.54) is 65.5 Å². The SMILES string of the molecule is C=C(C)C1C(C)CC(C)CC1O.C=C(C)C1C(C)CCC(C)C1O.C=C(C)C1C(O)CCC(C)C1C.C=C(C)C1CC(C)CC(O)C1.C=C(C)C1CC(O)CCC1C.C=C(C)C1CCC(C)C(O)C1.C=C(C)C1CCC(O)C(C)C1.C=C(C)C1CCC(O)CC1C.C=C(C)C1CCCC(O)C1C. The van der Waals surface area contributed by atoms with E-state index < -0.39 is 0 Å². The Kier molecular flexibility index (Phi) is 46.4. The van der Waals surface area contributed by atoms with E-state index in [9.17, 15) is 46.0 Å². The van der Waals surface area contributed by atoms with Gasteiger partial charge in [-0.05, 0) is 317 Å². The molecule has 9 rings (SSSR count). The summed E-state index contributed by atoms with van der Waals surface area (Å²) in [7, 11) is 0. The number of hydrogen-bond acceptors (Lipinski definition) is 9. The Balaban J connectivity index is 0.000000574. The van der Waals surface area contributed by atoms with Gasteiger partial charge in [-0.3, -0.25) is 0 Å². The summed E-state index contributed by atoms with van der Waals surface area (Å²) in [6.45, 7) is 80.4. The van der Waals surface area contributed by atoms with E-state index in [2.05, 4.69) is 184 Å². The summed E-state index contributed by atoms with van der Waals surface area (Å²) in [6.07, 6.45) is 24.8. The van der Waals surface area contributed by atoms with Crippen LogP contribution in [0.25, 0.3) is 0 Å². The molecule has 0 saturated heterocycles. The first kappa shape index (κ1) is 97.3. The van der Waals surface area contributed by atoms with Crippen molar-refractivity contribution in [2.75, 3.05) is 0 Å². The van der Waals surface area contributed by atoms with Gasteiger partial charge in [-0.1, -0.05) is 199 Å². The number of aliphatic hydroxyl groups is 9. The molecule has 0 aromatic heterocycles. The van der Waals surface area contributed by atoms with E-state index in [-0.39, 0.29) is 54.9 Å². The summed E-state index contributed by atoms with van der Waals surface area (Å²) < 4.78 is 0. The lowest BCUT2D eigenvalue weighted by atomic mass is 9.70. The van der Waals surface area contributed by atoms with Crippen molar-refractivity contribution in [1.82, 2.24) is 0 Å². The first-order valence-electron chi connectivity index (χ1n) is 41.3. The summed E-state index contributed by atoms with van der Waals surface area (Å²) in [4.78, 5) is 0. The van der Waals surface area contributed by atoms with Gasteiger partial charge in [0.1, 0.15) is 0 Å². The fraction of sp³-hybridized carbons (Fsp3) is 0.806. The van der Waals surface area contributed by atoms with E-state index in [4.69, 9.17) is 0 Å². The Morgan fingerprint density at radius 1 is 0.225 bits per heavy atom. The molecule has 0 spiro atoms. The van der Waals surface area contributed by atoms with Gasteiger partial charge in [0.15, 0.2) is 0 Å². The molecule has 0 aromatic rings. The molecule has 0 amide bonds. The minimum absolute atomic E-state index is 0.0550. The van der Waals surface area contributed by atoms with Crippen molar-refractivity contribution >= 4 is 0 Å². The summed E-state index contributed by atoms with van der Waals surface area (Å²) in [5, 5.41) is 86.3. The predicted molar refractivity (Wildman–Crippen MR) is 440 cm³/mol. The van der Waals surface area contributed by atoms with Gasteiger partial charge in [-0.25, -0.2) is 0 Å². The highest BCUT2D eigenvalue weighted by atomic mass is 16.3. The van der Waals surface area contributed by atoms with Crippen molar-refractivity contribution in [3.05, 3.63) is 109 Å². The summed E-state index contributed by atoms with van der Waals surface area (Å²) in [5.74, 6) is 11.6. The second-order valence-electron chi connectivity index (χ2n) is 36.7. The minimum atomic E-state index is -0.161. The molecule has 102 heavy (non-hydrogen) atoms.